The van der Waals surface area contributed by atoms with Crippen molar-refractivity contribution in [3.63, 3.8) is 0 Å². The van der Waals surface area contributed by atoms with Crippen molar-refractivity contribution < 1.29 is 10.1 Å². The average Bonchev–Trinajstić information content (AvgIpc) is 3.40. The van der Waals surface area contributed by atoms with Crippen LogP contribution in [0.1, 0.15) is 55.9 Å². The molecule has 1 aliphatic rings. The summed E-state index contributed by atoms with van der Waals surface area (Å²) in [6.07, 6.45) is 7.00. The summed E-state index contributed by atoms with van der Waals surface area (Å²) in [5.74, 6) is 1.03. The average molecular weight is 411 g/mol. The van der Waals surface area contributed by atoms with Gasteiger partial charge in [-0.15, -0.1) is 11.3 Å². The molecule has 154 valence electrons. The van der Waals surface area contributed by atoms with Gasteiger partial charge in [0, 0.05) is 28.0 Å². The molecule has 1 aliphatic carbocycles. The molecular weight excluding hydrogens is 378 g/mol. The van der Waals surface area contributed by atoms with Crippen LogP contribution in [-0.2, 0) is 4.79 Å². The maximum Gasteiger partial charge on any atom is 0.278 e. The summed E-state index contributed by atoms with van der Waals surface area (Å²) >= 11 is 1.79. The number of amides is 1. The summed E-state index contributed by atoms with van der Waals surface area (Å²) in [7, 11) is 0. The molecule has 2 heterocycles. The molecule has 0 unspecified atom stereocenters. The number of aromatic nitrogens is 1. The van der Waals surface area contributed by atoms with E-state index in [0.717, 1.165) is 13.0 Å². The number of aromatic amines is 1. The van der Waals surface area contributed by atoms with Crippen molar-refractivity contribution >= 4 is 28.1 Å². The number of nitrogens with two attached hydrogens (primary N) is 1. The van der Waals surface area contributed by atoms with E-state index in [9.17, 15) is 4.79 Å². The molecule has 1 fully saturated rings. The molecule has 1 aromatic carbocycles. The van der Waals surface area contributed by atoms with Gasteiger partial charge >= 0.3 is 0 Å². The second-order valence-corrected chi connectivity index (χ2v) is 9.47. The van der Waals surface area contributed by atoms with E-state index in [2.05, 4.69) is 70.5 Å². The van der Waals surface area contributed by atoms with Gasteiger partial charge in [-0.2, -0.15) is 0 Å². The summed E-state index contributed by atoms with van der Waals surface area (Å²) in [6.45, 7) is 5.16. The van der Waals surface area contributed by atoms with Crippen LogP contribution in [0.3, 0.4) is 0 Å². The molecule has 0 saturated heterocycles. The Hall–Kier alpha value is -2.11. The van der Waals surface area contributed by atoms with Gasteiger partial charge in [-0.25, -0.2) is 0 Å². The Balaban J connectivity index is 1.45. The second kappa shape index (κ2) is 9.14. The Morgan fingerprint density at radius 2 is 2.07 bits per heavy atom. The van der Waals surface area contributed by atoms with E-state index >= 15 is 0 Å². The highest BCUT2D eigenvalue weighted by molar-refractivity contribution is 7.10. The lowest BCUT2D eigenvalue weighted by atomic mass is 9.86. The first kappa shape index (κ1) is 20.2. The van der Waals surface area contributed by atoms with Crippen molar-refractivity contribution in [3.8, 4) is 0 Å². The van der Waals surface area contributed by atoms with Crippen LogP contribution in [0.5, 0.6) is 0 Å². The number of hydrogen-bond acceptors (Lipinski definition) is 2. The molecule has 2 aromatic heterocycles. The lowest BCUT2D eigenvalue weighted by Crippen LogP contribution is -2.92. The van der Waals surface area contributed by atoms with Gasteiger partial charge in [0.1, 0.15) is 0 Å². The van der Waals surface area contributed by atoms with Crippen LogP contribution in [-0.4, -0.2) is 29.5 Å². The van der Waals surface area contributed by atoms with E-state index in [1.54, 1.807) is 11.3 Å². The molecule has 0 radical (unpaired) electrons. The first-order valence-corrected chi connectivity index (χ1v) is 11.7. The molecule has 0 bridgehead atoms. The smallest absolute Gasteiger partial charge is 0.278 e. The summed E-state index contributed by atoms with van der Waals surface area (Å²) in [6, 6.07) is 13.0. The standard InChI is InChI=1S/C24H31N3OS/c1-16-8-3-5-10-21(16)27-24(28)17(2)25-15-20(23-12-7-13-29-23)19-14-26-22-11-6-4-9-18(19)22/h4,6-7,9,11-14,16-17,20-21,25-26H,3,5,8,10,15H2,1-2H3,(H,27,28)/p+1/t16-,17+,20+,21-/m0/s1. The third kappa shape index (κ3) is 4.57. The van der Waals surface area contributed by atoms with E-state index in [-0.39, 0.29) is 17.9 Å². The van der Waals surface area contributed by atoms with Crippen molar-refractivity contribution in [2.45, 2.75) is 57.5 Å². The Morgan fingerprint density at radius 3 is 2.86 bits per heavy atom. The maximum atomic E-state index is 12.8. The van der Waals surface area contributed by atoms with Gasteiger partial charge < -0.3 is 15.6 Å². The van der Waals surface area contributed by atoms with Crippen molar-refractivity contribution in [2.24, 2.45) is 5.92 Å². The van der Waals surface area contributed by atoms with Gasteiger partial charge in [0.05, 0.1) is 12.5 Å². The minimum atomic E-state index is -0.0863. The quantitative estimate of drug-likeness (QED) is 0.541. The van der Waals surface area contributed by atoms with Gasteiger partial charge in [0.25, 0.3) is 5.91 Å². The van der Waals surface area contributed by atoms with Crippen LogP contribution in [0.2, 0.25) is 0 Å². The van der Waals surface area contributed by atoms with Crippen molar-refractivity contribution in [1.82, 2.24) is 10.3 Å². The predicted molar refractivity (Wildman–Crippen MR) is 120 cm³/mol. The lowest BCUT2D eigenvalue weighted by molar-refractivity contribution is -0.674. The molecule has 1 saturated carbocycles. The number of rotatable bonds is 7. The minimum Gasteiger partial charge on any atom is -0.361 e. The number of benzene rings is 1. The third-order valence-electron chi connectivity index (χ3n) is 6.46. The zero-order valence-corrected chi connectivity index (χ0v) is 18.2. The fraction of sp³-hybridized carbons (Fsp3) is 0.458. The molecule has 4 N–H and O–H groups in total. The van der Waals surface area contributed by atoms with Crippen LogP contribution in [0.15, 0.2) is 48.0 Å². The molecule has 4 atom stereocenters. The first-order valence-electron chi connectivity index (χ1n) is 10.9. The molecule has 0 spiro atoms. The second-order valence-electron chi connectivity index (χ2n) is 8.49. The third-order valence-corrected chi connectivity index (χ3v) is 7.45. The topological polar surface area (TPSA) is 61.5 Å². The van der Waals surface area contributed by atoms with E-state index in [0.29, 0.717) is 12.0 Å². The monoisotopic (exact) mass is 410 g/mol. The highest BCUT2D eigenvalue weighted by atomic mass is 32.1. The lowest BCUT2D eigenvalue weighted by Gasteiger charge is -2.30. The first-order chi connectivity index (χ1) is 14.1. The fourth-order valence-corrected chi connectivity index (χ4v) is 5.42. The van der Waals surface area contributed by atoms with Crippen LogP contribution in [0.4, 0.5) is 0 Å². The Kier molecular flexibility index (Phi) is 6.36. The maximum absolute atomic E-state index is 12.8. The van der Waals surface area contributed by atoms with Gasteiger partial charge in [-0.3, -0.25) is 4.79 Å². The van der Waals surface area contributed by atoms with Crippen molar-refractivity contribution in [2.75, 3.05) is 6.54 Å². The van der Waals surface area contributed by atoms with E-state index in [1.165, 1.54) is 40.6 Å². The van der Waals surface area contributed by atoms with E-state index < -0.39 is 0 Å². The molecule has 3 aromatic rings. The zero-order chi connectivity index (χ0) is 20.2. The number of carbonyl (C=O) groups is 1. The van der Waals surface area contributed by atoms with Crippen LogP contribution in [0, 0.1) is 5.92 Å². The molecule has 4 rings (SSSR count). The van der Waals surface area contributed by atoms with Crippen LogP contribution < -0.4 is 10.6 Å². The summed E-state index contributed by atoms with van der Waals surface area (Å²) in [4.78, 5) is 17.6. The molecule has 1 amide bonds. The molecular formula is C24H32N3OS+. The van der Waals surface area contributed by atoms with Gasteiger partial charge in [0.2, 0.25) is 0 Å². The Morgan fingerprint density at radius 1 is 1.24 bits per heavy atom. The fourth-order valence-electron chi connectivity index (χ4n) is 4.56. The number of para-hydroxylation sites is 1. The predicted octanol–water partition coefficient (Wildman–Crippen LogP) is 4.01. The number of thiophene rings is 1. The van der Waals surface area contributed by atoms with Crippen LogP contribution in [0.25, 0.3) is 10.9 Å². The van der Waals surface area contributed by atoms with E-state index in [1.807, 2.05) is 6.92 Å². The summed E-state index contributed by atoms with van der Waals surface area (Å²) in [5, 5.41) is 8.93. The largest absolute Gasteiger partial charge is 0.361 e. The highest BCUT2D eigenvalue weighted by Gasteiger charge is 2.28. The molecule has 5 heteroatoms. The summed E-state index contributed by atoms with van der Waals surface area (Å²) in [5.41, 5.74) is 2.48. The number of H-pyrrole nitrogens is 1. The minimum absolute atomic E-state index is 0.0863. The summed E-state index contributed by atoms with van der Waals surface area (Å²) < 4.78 is 0. The normalized spacial score (nSPS) is 21.7. The number of quaternary nitrogens is 1. The zero-order valence-electron chi connectivity index (χ0n) is 17.4. The van der Waals surface area contributed by atoms with E-state index in [4.69, 9.17) is 0 Å². The van der Waals surface area contributed by atoms with Gasteiger partial charge in [0.15, 0.2) is 6.04 Å². The number of carbonyl (C=O) groups excluding carboxylic acids is 1. The van der Waals surface area contributed by atoms with Crippen molar-refractivity contribution in [1.29, 1.82) is 0 Å². The molecule has 29 heavy (non-hydrogen) atoms. The Bertz CT molecular complexity index is 933. The number of nitrogens with one attached hydrogen (secondary N) is 2. The highest BCUT2D eigenvalue weighted by Crippen LogP contribution is 2.32. The Labute approximate surface area is 177 Å². The van der Waals surface area contributed by atoms with Gasteiger partial charge in [-0.1, -0.05) is 44.0 Å². The SMILES string of the molecule is C[C@@H]([NH2+]C[C@@H](c1cccs1)c1c[nH]c2ccccc12)C(=O)N[C@H]1CCCC[C@@H]1C. The molecule has 4 nitrogen and oxygen atoms in total. The number of fused-ring (bicyclic) bond motifs is 1. The van der Waals surface area contributed by atoms with Crippen molar-refractivity contribution in [3.05, 3.63) is 58.4 Å². The van der Waals surface area contributed by atoms with Crippen LogP contribution >= 0.6 is 11.3 Å². The van der Waals surface area contributed by atoms with Gasteiger partial charge in [-0.05, 0) is 48.8 Å². The number of hydrogen-bond donors (Lipinski definition) is 3. The molecule has 0 aliphatic heterocycles.